The van der Waals surface area contributed by atoms with Crippen LogP contribution >= 0.6 is 0 Å². The van der Waals surface area contributed by atoms with Crippen LogP contribution in [0.5, 0.6) is 0 Å². The summed E-state index contributed by atoms with van der Waals surface area (Å²) in [6.45, 7) is 4.83. The standard InChI is InChI=1S/C26H31N3O2/c1-25-9-7-17(30)12-16(25)3-4-18-20-5-6-22(26(20,2)10-8-21(18)25)23-11-15(13-27)19(14-28)24(31)29-23/h3,11,17-18,20-22,30H,4-10,12H2,1-2H3,(H,29,31). The first-order valence-electron chi connectivity index (χ1n) is 11.8. The van der Waals surface area contributed by atoms with Gasteiger partial charge in [0.25, 0.3) is 5.56 Å². The molecule has 3 fully saturated rings. The predicted molar refractivity (Wildman–Crippen MR) is 117 cm³/mol. The molecule has 0 radical (unpaired) electrons. The molecule has 4 aliphatic rings. The minimum atomic E-state index is -0.434. The van der Waals surface area contributed by atoms with E-state index in [1.54, 1.807) is 6.07 Å². The second kappa shape index (κ2) is 7.07. The number of H-pyrrole nitrogens is 1. The van der Waals surface area contributed by atoms with Gasteiger partial charge in [-0.2, -0.15) is 10.5 Å². The number of hydrogen-bond donors (Lipinski definition) is 2. The number of nitrogens with zero attached hydrogens (tertiary/aromatic N) is 2. The highest BCUT2D eigenvalue weighted by atomic mass is 16.3. The molecule has 7 atom stereocenters. The zero-order valence-electron chi connectivity index (χ0n) is 18.4. The van der Waals surface area contributed by atoms with Crippen molar-refractivity contribution in [1.82, 2.24) is 4.98 Å². The van der Waals surface area contributed by atoms with Crippen LogP contribution in [0.1, 0.15) is 88.0 Å². The maximum atomic E-state index is 12.5. The van der Waals surface area contributed by atoms with Crippen molar-refractivity contribution < 1.29 is 5.11 Å². The SMILES string of the molecule is CC12CCC(O)CC1=CCC1C2CCC2(C)C(c3cc(C#N)c(C#N)c(=O)[nH]3)CCC12. The Bertz CT molecular complexity index is 1090. The van der Waals surface area contributed by atoms with Crippen LogP contribution in [0.25, 0.3) is 0 Å². The fourth-order valence-corrected chi connectivity index (χ4v) is 8.12. The molecule has 162 valence electrons. The Labute approximate surface area is 183 Å². The van der Waals surface area contributed by atoms with Crippen LogP contribution in [0.4, 0.5) is 0 Å². The number of nitriles is 2. The van der Waals surface area contributed by atoms with E-state index in [1.807, 2.05) is 12.1 Å². The summed E-state index contributed by atoms with van der Waals surface area (Å²) in [5.41, 5.74) is 2.33. The molecule has 5 rings (SSSR count). The summed E-state index contributed by atoms with van der Waals surface area (Å²) in [5.74, 6) is 2.14. The number of aromatic amines is 1. The number of pyridine rings is 1. The third kappa shape index (κ3) is 2.86. The van der Waals surface area contributed by atoms with Gasteiger partial charge in [-0.05, 0) is 86.0 Å². The van der Waals surface area contributed by atoms with Crippen LogP contribution in [0, 0.1) is 51.2 Å². The first-order chi connectivity index (χ1) is 14.8. The molecule has 0 spiro atoms. The lowest BCUT2D eigenvalue weighted by Crippen LogP contribution is -2.50. The van der Waals surface area contributed by atoms with E-state index in [-0.39, 0.29) is 34.0 Å². The smallest absolute Gasteiger partial charge is 0.267 e. The van der Waals surface area contributed by atoms with Crippen molar-refractivity contribution in [1.29, 1.82) is 10.5 Å². The molecular formula is C26H31N3O2. The molecule has 1 heterocycles. The molecule has 2 N–H and O–H groups in total. The molecule has 1 aromatic rings. The van der Waals surface area contributed by atoms with Crippen molar-refractivity contribution in [3.63, 3.8) is 0 Å². The summed E-state index contributed by atoms with van der Waals surface area (Å²) >= 11 is 0. The summed E-state index contributed by atoms with van der Waals surface area (Å²) in [7, 11) is 0. The highest BCUT2D eigenvalue weighted by Gasteiger charge is 2.58. The van der Waals surface area contributed by atoms with Crippen LogP contribution in [-0.4, -0.2) is 16.2 Å². The molecule has 3 saturated carbocycles. The summed E-state index contributed by atoms with van der Waals surface area (Å²) in [4.78, 5) is 15.4. The van der Waals surface area contributed by atoms with Gasteiger partial charge in [0.15, 0.2) is 0 Å². The second-order valence-corrected chi connectivity index (χ2v) is 10.9. The molecule has 0 aliphatic heterocycles. The first kappa shape index (κ1) is 20.5. The van der Waals surface area contributed by atoms with Gasteiger partial charge in [-0.1, -0.05) is 25.5 Å². The molecule has 0 bridgehead atoms. The van der Waals surface area contributed by atoms with Crippen molar-refractivity contribution in [2.45, 2.75) is 77.2 Å². The number of aliphatic hydroxyl groups is 1. The highest BCUT2D eigenvalue weighted by molar-refractivity contribution is 5.45. The first-order valence-corrected chi connectivity index (χ1v) is 11.8. The minimum absolute atomic E-state index is 0.0768. The van der Waals surface area contributed by atoms with Gasteiger partial charge in [0.05, 0.1) is 11.7 Å². The monoisotopic (exact) mass is 417 g/mol. The van der Waals surface area contributed by atoms with E-state index in [2.05, 4.69) is 24.9 Å². The van der Waals surface area contributed by atoms with Gasteiger partial charge in [0.2, 0.25) is 0 Å². The molecule has 4 aliphatic carbocycles. The number of rotatable bonds is 1. The quantitative estimate of drug-likeness (QED) is 0.656. The minimum Gasteiger partial charge on any atom is -0.393 e. The molecule has 0 saturated heterocycles. The lowest BCUT2D eigenvalue weighted by atomic mass is 9.47. The fourth-order valence-electron chi connectivity index (χ4n) is 8.12. The Morgan fingerprint density at radius 1 is 1.10 bits per heavy atom. The van der Waals surface area contributed by atoms with Crippen LogP contribution in [0.2, 0.25) is 0 Å². The number of hydrogen-bond acceptors (Lipinski definition) is 4. The molecule has 0 aromatic carbocycles. The van der Waals surface area contributed by atoms with E-state index in [0.29, 0.717) is 17.8 Å². The molecule has 1 aromatic heterocycles. The van der Waals surface area contributed by atoms with Gasteiger partial charge in [-0.15, -0.1) is 0 Å². The average Bonchev–Trinajstić information content (AvgIpc) is 3.10. The van der Waals surface area contributed by atoms with Crippen molar-refractivity contribution >= 4 is 0 Å². The van der Waals surface area contributed by atoms with E-state index in [1.165, 1.54) is 12.0 Å². The van der Waals surface area contributed by atoms with Crippen molar-refractivity contribution in [3.8, 4) is 12.1 Å². The maximum Gasteiger partial charge on any atom is 0.267 e. The average molecular weight is 418 g/mol. The number of fused-ring (bicyclic) bond motifs is 5. The van der Waals surface area contributed by atoms with Gasteiger partial charge in [-0.25, -0.2) is 0 Å². The van der Waals surface area contributed by atoms with Gasteiger partial charge < -0.3 is 10.1 Å². The van der Waals surface area contributed by atoms with Gasteiger partial charge in [-0.3, -0.25) is 4.79 Å². The third-order valence-corrected chi connectivity index (χ3v) is 9.74. The van der Waals surface area contributed by atoms with E-state index < -0.39 is 5.56 Å². The summed E-state index contributed by atoms with van der Waals surface area (Å²) in [6, 6.07) is 5.69. The number of nitrogens with one attached hydrogen (secondary N) is 1. The number of aliphatic hydroxyl groups excluding tert-OH is 1. The van der Waals surface area contributed by atoms with E-state index >= 15 is 0 Å². The largest absolute Gasteiger partial charge is 0.393 e. The fraction of sp³-hybridized carbons (Fsp3) is 0.654. The topological polar surface area (TPSA) is 101 Å². The zero-order valence-corrected chi connectivity index (χ0v) is 18.4. The van der Waals surface area contributed by atoms with Crippen LogP contribution in [0.15, 0.2) is 22.5 Å². The van der Waals surface area contributed by atoms with E-state index in [0.717, 1.165) is 50.6 Å². The van der Waals surface area contributed by atoms with Crippen molar-refractivity contribution in [2.24, 2.45) is 28.6 Å². The van der Waals surface area contributed by atoms with Crippen molar-refractivity contribution in [3.05, 3.63) is 44.9 Å². The highest BCUT2D eigenvalue weighted by Crippen LogP contribution is 2.67. The van der Waals surface area contributed by atoms with Gasteiger partial charge >= 0.3 is 0 Å². The molecule has 0 amide bonds. The van der Waals surface area contributed by atoms with Crippen LogP contribution < -0.4 is 5.56 Å². The summed E-state index contributed by atoms with van der Waals surface area (Å²) < 4.78 is 0. The maximum absolute atomic E-state index is 12.5. The predicted octanol–water partition coefficient (Wildman–Crippen LogP) is 4.53. The van der Waals surface area contributed by atoms with Gasteiger partial charge in [0.1, 0.15) is 17.7 Å². The Morgan fingerprint density at radius 3 is 2.65 bits per heavy atom. The zero-order chi connectivity index (χ0) is 22.0. The Morgan fingerprint density at radius 2 is 1.90 bits per heavy atom. The molecule has 7 unspecified atom stereocenters. The molecule has 31 heavy (non-hydrogen) atoms. The van der Waals surface area contributed by atoms with Crippen molar-refractivity contribution in [2.75, 3.05) is 0 Å². The number of aromatic nitrogens is 1. The Balaban J connectivity index is 1.49. The summed E-state index contributed by atoms with van der Waals surface area (Å²) in [6.07, 6.45) is 10.7. The molecule has 5 heteroatoms. The number of allylic oxidation sites excluding steroid dienone is 1. The van der Waals surface area contributed by atoms with Crippen LogP contribution in [-0.2, 0) is 0 Å². The summed E-state index contributed by atoms with van der Waals surface area (Å²) in [5, 5.41) is 28.9. The second-order valence-electron chi connectivity index (χ2n) is 10.9. The lowest BCUT2D eigenvalue weighted by molar-refractivity contribution is -0.0412. The normalized spacial score (nSPS) is 41.2. The Kier molecular flexibility index (Phi) is 4.68. The molecule has 5 nitrogen and oxygen atoms in total. The Hall–Kier alpha value is -2.37. The molecular weight excluding hydrogens is 386 g/mol. The van der Waals surface area contributed by atoms with Crippen LogP contribution in [0.3, 0.4) is 0 Å². The lowest BCUT2D eigenvalue weighted by Gasteiger charge is -2.58. The van der Waals surface area contributed by atoms with Gasteiger partial charge in [0, 0.05) is 11.6 Å². The van der Waals surface area contributed by atoms with E-state index in [9.17, 15) is 20.4 Å². The van der Waals surface area contributed by atoms with E-state index in [4.69, 9.17) is 0 Å². The third-order valence-electron chi connectivity index (χ3n) is 9.74.